The van der Waals surface area contributed by atoms with E-state index in [0.717, 1.165) is 6.42 Å². The lowest BCUT2D eigenvalue weighted by Crippen LogP contribution is -2.49. The second-order valence-electron chi connectivity index (χ2n) is 6.21. The fourth-order valence-corrected chi connectivity index (χ4v) is 2.90. The van der Waals surface area contributed by atoms with Crippen molar-refractivity contribution in [2.24, 2.45) is 5.92 Å². The molecule has 7 heteroatoms. The number of carbonyl (C=O) groups is 3. The van der Waals surface area contributed by atoms with Crippen LogP contribution in [0.15, 0.2) is 0 Å². The molecule has 124 valence electrons. The molecular weight excluding hydrogens is 288 g/mol. The van der Waals surface area contributed by atoms with Crippen molar-refractivity contribution >= 4 is 17.7 Å². The number of amides is 1. The minimum absolute atomic E-state index is 0.170. The molecule has 0 spiro atoms. The number of carbonyl (C=O) groups excluding carboxylic acids is 2. The Morgan fingerprint density at radius 2 is 2.14 bits per heavy atom. The van der Waals surface area contributed by atoms with Crippen molar-refractivity contribution in [3.05, 3.63) is 0 Å². The van der Waals surface area contributed by atoms with E-state index in [0.29, 0.717) is 19.6 Å². The van der Waals surface area contributed by atoms with Crippen molar-refractivity contribution in [3.63, 3.8) is 0 Å². The Hall–Kier alpha value is -1.47. The average molecular weight is 312 g/mol. The van der Waals surface area contributed by atoms with E-state index in [-0.39, 0.29) is 42.7 Å². The number of rotatable bonds is 8. The van der Waals surface area contributed by atoms with Gasteiger partial charge in [-0.05, 0) is 12.8 Å². The Morgan fingerprint density at radius 1 is 1.41 bits per heavy atom. The number of hydrogen-bond donors (Lipinski definition) is 2. The summed E-state index contributed by atoms with van der Waals surface area (Å²) in [5, 5.41) is 11.6. The van der Waals surface area contributed by atoms with Crippen molar-refractivity contribution in [1.82, 2.24) is 10.2 Å². The quantitative estimate of drug-likeness (QED) is 0.657. The zero-order valence-corrected chi connectivity index (χ0v) is 13.1. The van der Waals surface area contributed by atoms with Crippen molar-refractivity contribution in [2.45, 2.75) is 51.3 Å². The largest absolute Gasteiger partial charge is 0.481 e. The number of ether oxygens (including phenoxy) is 1. The van der Waals surface area contributed by atoms with Crippen LogP contribution in [0.1, 0.15) is 33.1 Å². The van der Waals surface area contributed by atoms with Crippen molar-refractivity contribution < 1.29 is 24.2 Å². The summed E-state index contributed by atoms with van der Waals surface area (Å²) < 4.78 is 5.48. The summed E-state index contributed by atoms with van der Waals surface area (Å²) in [6.07, 6.45) is 1.38. The Labute approximate surface area is 130 Å². The monoisotopic (exact) mass is 312 g/mol. The van der Waals surface area contributed by atoms with Gasteiger partial charge in [0.1, 0.15) is 0 Å². The number of hydrogen-bond acceptors (Lipinski definition) is 5. The lowest BCUT2D eigenvalue weighted by atomic mass is 10.0. The molecule has 7 nitrogen and oxygen atoms in total. The number of nitrogens with zero attached hydrogens (tertiary/aromatic N) is 1. The van der Waals surface area contributed by atoms with Gasteiger partial charge in [-0.15, -0.1) is 0 Å². The number of Topliss-reactive ketones (excluding diaryl/α,β-unsaturated/α-hetero) is 1. The Kier molecular flexibility index (Phi) is 5.52. The molecule has 2 rings (SSSR count). The number of carboxylic acids is 1. The molecule has 2 heterocycles. The number of likely N-dealkylation sites (tertiary alicyclic amines) is 1. The molecule has 0 aromatic carbocycles. The third-order valence-electron chi connectivity index (χ3n) is 4.52. The van der Waals surface area contributed by atoms with E-state index in [1.165, 1.54) is 0 Å². The molecule has 0 aliphatic carbocycles. The first-order valence-electron chi connectivity index (χ1n) is 7.81. The van der Waals surface area contributed by atoms with E-state index in [2.05, 4.69) is 5.32 Å². The first-order valence-corrected chi connectivity index (χ1v) is 7.81. The molecule has 4 atom stereocenters. The average Bonchev–Trinajstić information content (AvgIpc) is 3.07. The summed E-state index contributed by atoms with van der Waals surface area (Å²) in [7, 11) is 0. The van der Waals surface area contributed by atoms with Gasteiger partial charge in [-0.1, -0.05) is 13.8 Å². The van der Waals surface area contributed by atoms with Crippen LogP contribution in [-0.2, 0) is 19.1 Å². The SMILES string of the molecule is CC[C@H](C)C(=O)N[C@@H](CC(=O)O)C(=O)CN1CC2CC1CO2. The van der Waals surface area contributed by atoms with Crippen LogP contribution >= 0.6 is 0 Å². The topological polar surface area (TPSA) is 95.9 Å². The molecular formula is C15H24N2O5. The summed E-state index contributed by atoms with van der Waals surface area (Å²) in [5.74, 6) is -1.84. The molecule has 2 bridgehead atoms. The molecule has 2 fully saturated rings. The highest BCUT2D eigenvalue weighted by molar-refractivity contribution is 5.93. The molecule has 0 radical (unpaired) electrons. The van der Waals surface area contributed by atoms with E-state index in [1.807, 2.05) is 11.8 Å². The highest BCUT2D eigenvalue weighted by Crippen LogP contribution is 2.27. The first kappa shape index (κ1) is 16.9. The second kappa shape index (κ2) is 7.19. The van der Waals surface area contributed by atoms with Crippen LogP contribution in [0.4, 0.5) is 0 Å². The van der Waals surface area contributed by atoms with Gasteiger partial charge >= 0.3 is 5.97 Å². The van der Waals surface area contributed by atoms with Crippen molar-refractivity contribution in [2.75, 3.05) is 19.7 Å². The standard InChI is InChI=1S/C15H24N2O5/c1-3-9(2)15(21)16-12(5-14(19)20)13(18)7-17-6-11-4-10(17)8-22-11/h9-12H,3-8H2,1-2H3,(H,16,21)(H,19,20)/t9-,10?,11?,12-/m0/s1. The summed E-state index contributed by atoms with van der Waals surface area (Å²) in [4.78, 5) is 37.3. The maximum Gasteiger partial charge on any atom is 0.305 e. The third-order valence-corrected chi connectivity index (χ3v) is 4.52. The van der Waals surface area contributed by atoms with Gasteiger partial charge in [0.05, 0.1) is 31.7 Å². The normalized spacial score (nSPS) is 26.6. The molecule has 1 amide bonds. The van der Waals surface area contributed by atoms with Crippen LogP contribution in [0.25, 0.3) is 0 Å². The van der Waals surface area contributed by atoms with Crippen molar-refractivity contribution in [3.8, 4) is 0 Å². The molecule has 2 aliphatic heterocycles. The van der Waals surface area contributed by atoms with Gasteiger partial charge in [-0.3, -0.25) is 19.3 Å². The maximum atomic E-state index is 12.4. The summed E-state index contributed by atoms with van der Waals surface area (Å²) in [6.45, 7) is 5.13. The van der Waals surface area contributed by atoms with Gasteiger partial charge in [-0.25, -0.2) is 0 Å². The number of fused-ring (bicyclic) bond motifs is 2. The van der Waals surface area contributed by atoms with Crippen LogP contribution in [0.3, 0.4) is 0 Å². The first-order chi connectivity index (χ1) is 10.4. The predicted molar refractivity (Wildman–Crippen MR) is 78.4 cm³/mol. The molecule has 22 heavy (non-hydrogen) atoms. The fourth-order valence-electron chi connectivity index (χ4n) is 2.90. The van der Waals surface area contributed by atoms with Gasteiger partial charge in [0.2, 0.25) is 5.91 Å². The zero-order valence-electron chi connectivity index (χ0n) is 13.1. The molecule has 0 saturated carbocycles. The lowest BCUT2D eigenvalue weighted by Gasteiger charge is -2.27. The zero-order chi connectivity index (χ0) is 16.3. The summed E-state index contributed by atoms with van der Waals surface area (Å²) >= 11 is 0. The molecule has 2 aliphatic rings. The van der Waals surface area contributed by atoms with Crippen LogP contribution < -0.4 is 5.32 Å². The van der Waals surface area contributed by atoms with Gasteiger partial charge in [0.15, 0.2) is 5.78 Å². The second-order valence-corrected chi connectivity index (χ2v) is 6.21. The maximum absolute atomic E-state index is 12.4. The van der Waals surface area contributed by atoms with Gasteiger partial charge < -0.3 is 15.2 Å². The minimum Gasteiger partial charge on any atom is -0.481 e. The Morgan fingerprint density at radius 3 is 2.64 bits per heavy atom. The molecule has 2 N–H and O–H groups in total. The third kappa shape index (κ3) is 4.04. The predicted octanol–water partition coefficient (Wildman–Crippen LogP) is 0.0342. The molecule has 2 unspecified atom stereocenters. The lowest BCUT2D eigenvalue weighted by molar-refractivity contribution is -0.140. The minimum atomic E-state index is -1.09. The van der Waals surface area contributed by atoms with Crippen LogP contribution in [0, 0.1) is 5.92 Å². The molecule has 0 aromatic heterocycles. The van der Waals surface area contributed by atoms with Gasteiger partial charge in [0.25, 0.3) is 0 Å². The fraction of sp³-hybridized carbons (Fsp3) is 0.800. The van der Waals surface area contributed by atoms with E-state index < -0.39 is 12.0 Å². The van der Waals surface area contributed by atoms with E-state index >= 15 is 0 Å². The molecule has 2 saturated heterocycles. The molecule has 0 aromatic rings. The van der Waals surface area contributed by atoms with Crippen LogP contribution in [0.2, 0.25) is 0 Å². The van der Waals surface area contributed by atoms with Gasteiger partial charge in [-0.2, -0.15) is 0 Å². The van der Waals surface area contributed by atoms with Crippen LogP contribution in [-0.4, -0.2) is 65.6 Å². The number of ketones is 1. The van der Waals surface area contributed by atoms with E-state index in [9.17, 15) is 14.4 Å². The summed E-state index contributed by atoms with van der Waals surface area (Å²) in [6, 6.07) is -0.719. The smallest absolute Gasteiger partial charge is 0.305 e. The number of nitrogens with one attached hydrogen (secondary N) is 1. The number of morpholine rings is 1. The highest BCUT2D eigenvalue weighted by atomic mass is 16.5. The van der Waals surface area contributed by atoms with Crippen molar-refractivity contribution in [1.29, 1.82) is 0 Å². The van der Waals surface area contributed by atoms with Gasteiger partial charge in [0, 0.05) is 18.5 Å². The number of carboxylic acid groups (broad SMARTS) is 1. The Balaban J connectivity index is 1.93. The van der Waals surface area contributed by atoms with E-state index in [1.54, 1.807) is 6.92 Å². The van der Waals surface area contributed by atoms with Crippen LogP contribution in [0.5, 0.6) is 0 Å². The highest BCUT2D eigenvalue weighted by Gasteiger charge is 2.40. The van der Waals surface area contributed by atoms with E-state index in [4.69, 9.17) is 9.84 Å². The number of aliphatic carboxylic acids is 1. The summed E-state index contributed by atoms with van der Waals surface area (Å²) in [5.41, 5.74) is 0. The Bertz CT molecular complexity index is 453.